The quantitative estimate of drug-likeness (QED) is 0.746. The van der Waals surface area contributed by atoms with Gasteiger partial charge in [-0.1, -0.05) is 0 Å². The first-order valence-corrected chi connectivity index (χ1v) is 7.90. The maximum absolute atomic E-state index is 13.9. The summed E-state index contributed by atoms with van der Waals surface area (Å²) in [6, 6.07) is 5.05. The first-order chi connectivity index (χ1) is 12.0. The smallest absolute Gasteiger partial charge is 0.306 e. The maximum Gasteiger partial charge on any atom is 0.306 e. The van der Waals surface area contributed by atoms with E-state index < -0.39 is 17.9 Å². The lowest BCUT2D eigenvalue weighted by molar-refractivity contribution is -0.155. The molecule has 3 rings (SSSR count). The number of hydrogen-bond acceptors (Lipinski definition) is 5. The SMILES string of the molecule is Cn1nc(CCC(=O)OCC2OCCO2)cc1-c1ccc(F)cc1F. The molecule has 1 saturated heterocycles. The molecule has 1 aliphatic heterocycles. The molecule has 1 aliphatic rings. The Kier molecular flexibility index (Phi) is 5.40. The van der Waals surface area contributed by atoms with Crippen molar-refractivity contribution in [2.45, 2.75) is 19.1 Å². The second-order valence-corrected chi connectivity index (χ2v) is 5.62. The zero-order valence-electron chi connectivity index (χ0n) is 13.7. The largest absolute Gasteiger partial charge is 0.460 e. The zero-order valence-corrected chi connectivity index (χ0v) is 13.7. The standard InChI is InChI=1S/C17H18F2N2O4/c1-21-15(13-4-2-11(18)8-14(13)19)9-12(20-21)3-5-16(22)25-10-17-23-6-7-24-17/h2,4,8-9,17H,3,5-7,10H2,1H3. The number of benzene rings is 1. The highest BCUT2D eigenvalue weighted by atomic mass is 19.1. The predicted molar refractivity (Wildman–Crippen MR) is 83.5 cm³/mol. The van der Waals surface area contributed by atoms with E-state index in [1.54, 1.807) is 13.1 Å². The minimum absolute atomic E-state index is 0.0626. The molecule has 6 nitrogen and oxygen atoms in total. The number of halogens is 2. The highest BCUT2D eigenvalue weighted by molar-refractivity contribution is 5.69. The number of carbonyl (C=O) groups is 1. The van der Waals surface area contributed by atoms with Crippen molar-refractivity contribution in [3.8, 4) is 11.3 Å². The summed E-state index contributed by atoms with van der Waals surface area (Å²) in [5, 5.41) is 4.26. The summed E-state index contributed by atoms with van der Waals surface area (Å²) in [5.74, 6) is -1.69. The maximum atomic E-state index is 13.9. The van der Waals surface area contributed by atoms with E-state index in [9.17, 15) is 13.6 Å². The third-order valence-corrected chi connectivity index (χ3v) is 3.79. The molecule has 2 aromatic rings. The predicted octanol–water partition coefficient (Wildman–Crippen LogP) is 2.21. The first kappa shape index (κ1) is 17.5. The molecule has 1 aromatic carbocycles. The lowest BCUT2D eigenvalue weighted by Crippen LogP contribution is -2.19. The van der Waals surface area contributed by atoms with Crippen LogP contribution in [0.3, 0.4) is 0 Å². The van der Waals surface area contributed by atoms with E-state index in [2.05, 4.69) is 5.10 Å². The molecular weight excluding hydrogens is 334 g/mol. The van der Waals surface area contributed by atoms with Crippen LogP contribution in [0.1, 0.15) is 12.1 Å². The molecule has 2 heterocycles. The molecule has 8 heteroatoms. The molecule has 134 valence electrons. The van der Waals surface area contributed by atoms with Crippen LogP contribution in [-0.2, 0) is 32.5 Å². The van der Waals surface area contributed by atoms with Gasteiger partial charge in [0, 0.05) is 25.1 Å². The molecule has 1 fully saturated rings. The van der Waals surface area contributed by atoms with Gasteiger partial charge in [0.15, 0.2) is 6.29 Å². The Morgan fingerprint density at radius 1 is 1.32 bits per heavy atom. The molecule has 0 saturated carbocycles. The van der Waals surface area contributed by atoms with Gasteiger partial charge in [0.05, 0.1) is 31.0 Å². The van der Waals surface area contributed by atoms with Crippen LogP contribution < -0.4 is 0 Å². The van der Waals surface area contributed by atoms with Crippen LogP contribution in [0.25, 0.3) is 11.3 Å². The molecule has 0 bridgehead atoms. The highest BCUT2D eigenvalue weighted by Crippen LogP contribution is 2.24. The van der Waals surface area contributed by atoms with E-state index in [0.29, 0.717) is 31.0 Å². The van der Waals surface area contributed by atoms with Crippen molar-refractivity contribution in [3.63, 3.8) is 0 Å². The molecule has 0 atom stereocenters. The highest BCUT2D eigenvalue weighted by Gasteiger charge is 2.18. The lowest BCUT2D eigenvalue weighted by Gasteiger charge is -2.09. The van der Waals surface area contributed by atoms with E-state index in [-0.39, 0.29) is 24.6 Å². The lowest BCUT2D eigenvalue weighted by atomic mass is 10.1. The fraction of sp³-hybridized carbons (Fsp3) is 0.412. The number of nitrogens with zero attached hydrogens (tertiary/aromatic N) is 2. The van der Waals surface area contributed by atoms with E-state index in [1.807, 2.05) is 0 Å². The Hall–Kier alpha value is -2.32. The van der Waals surface area contributed by atoms with Gasteiger partial charge in [0.25, 0.3) is 0 Å². The molecule has 0 amide bonds. The minimum atomic E-state index is -0.662. The van der Waals surface area contributed by atoms with Crippen molar-refractivity contribution >= 4 is 5.97 Å². The Morgan fingerprint density at radius 2 is 2.08 bits per heavy atom. The summed E-state index contributed by atoms with van der Waals surface area (Å²) in [5.41, 5.74) is 1.38. The van der Waals surface area contributed by atoms with Gasteiger partial charge in [-0.2, -0.15) is 5.10 Å². The van der Waals surface area contributed by atoms with Crippen molar-refractivity contribution in [2.24, 2.45) is 7.05 Å². The van der Waals surface area contributed by atoms with Crippen LogP contribution >= 0.6 is 0 Å². The van der Waals surface area contributed by atoms with Crippen LogP contribution in [0.15, 0.2) is 24.3 Å². The Bertz CT molecular complexity index is 757. The average Bonchev–Trinajstić information content (AvgIpc) is 3.21. The van der Waals surface area contributed by atoms with Crippen molar-refractivity contribution in [3.05, 3.63) is 41.6 Å². The summed E-state index contributed by atoms with van der Waals surface area (Å²) >= 11 is 0. The van der Waals surface area contributed by atoms with E-state index in [1.165, 1.54) is 16.8 Å². The van der Waals surface area contributed by atoms with Gasteiger partial charge in [-0.3, -0.25) is 9.48 Å². The molecule has 0 N–H and O–H groups in total. The molecular formula is C17H18F2N2O4. The number of aryl methyl sites for hydroxylation is 2. The zero-order chi connectivity index (χ0) is 17.8. The number of esters is 1. The van der Waals surface area contributed by atoms with Crippen molar-refractivity contribution in [1.82, 2.24) is 9.78 Å². The van der Waals surface area contributed by atoms with Gasteiger partial charge in [-0.25, -0.2) is 8.78 Å². The summed E-state index contributed by atoms with van der Waals surface area (Å²) in [7, 11) is 1.66. The summed E-state index contributed by atoms with van der Waals surface area (Å²) < 4.78 is 43.9. The number of ether oxygens (including phenoxy) is 3. The monoisotopic (exact) mass is 352 g/mol. The fourth-order valence-corrected chi connectivity index (χ4v) is 2.56. The summed E-state index contributed by atoms with van der Waals surface area (Å²) in [4.78, 5) is 11.8. The van der Waals surface area contributed by atoms with Crippen molar-refractivity contribution in [2.75, 3.05) is 19.8 Å². The summed E-state index contributed by atoms with van der Waals surface area (Å²) in [6.45, 7) is 1.06. The van der Waals surface area contributed by atoms with Gasteiger partial charge in [0.2, 0.25) is 0 Å². The topological polar surface area (TPSA) is 62.6 Å². The number of carbonyl (C=O) groups excluding carboxylic acids is 1. The molecule has 25 heavy (non-hydrogen) atoms. The summed E-state index contributed by atoms with van der Waals surface area (Å²) in [6.07, 6.45) is -0.0106. The molecule has 0 radical (unpaired) electrons. The van der Waals surface area contributed by atoms with E-state index in [4.69, 9.17) is 14.2 Å². The van der Waals surface area contributed by atoms with Crippen LogP contribution in [0, 0.1) is 11.6 Å². The van der Waals surface area contributed by atoms with Crippen LogP contribution in [0.2, 0.25) is 0 Å². The molecule has 0 aliphatic carbocycles. The van der Waals surface area contributed by atoms with Crippen LogP contribution in [0.5, 0.6) is 0 Å². The van der Waals surface area contributed by atoms with Gasteiger partial charge in [-0.15, -0.1) is 0 Å². The average molecular weight is 352 g/mol. The Balaban J connectivity index is 1.57. The minimum Gasteiger partial charge on any atom is -0.460 e. The second-order valence-electron chi connectivity index (χ2n) is 5.62. The number of rotatable bonds is 6. The van der Waals surface area contributed by atoms with Gasteiger partial charge in [0.1, 0.15) is 18.2 Å². The van der Waals surface area contributed by atoms with Gasteiger partial charge in [-0.05, 0) is 18.2 Å². The fourth-order valence-electron chi connectivity index (χ4n) is 2.56. The van der Waals surface area contributed by atoms with Crippen LogP contribution in [-0.4, -0.2) is 41.9 Å². The Labute approximate surface area is 143 Å². The first-order valence-electron chi connectivity index (χ1n) is 7.90. The van der Waals surface area contributed by atoms with E-state index >= 15 is 0 Å². The second kappa shape index (κ2) is 7.71. The normalized spacial score (nSPS) is 14.8. The molecule has 0 unspecified atom stereocenters. The van der Waals surface area contributed by atoms with Crippen LogP contribution in [0.4, 0.5) is 8.78 Å². The number of hydrogen-bond donors (Lipinski definition) is 0. The molecule has 0 spiro atoms. The Morgan fingerprint density at radius 3 is 2.80 bits per heavy atom. The third-order valence-electron chi connectivity index (χ3n) is 3.79. The van der Waals surface area contributed by atoms with E-state index in [0.717, 1.165) is 6.07 Å². The molecule has 1 aromatic heterocycles. The van der Waals surface area contributed by atoms with Gasteiger partial charge < -0.3 is 14.2 Å². The van der Waals surface area contributed by atoms with Gasteiger partial charge >= 0.3 is 5.97 Å². The van der Waals surface area contributed by atoms with Crippen molar-refractivity contribution < 1.29 is 27.8 Å². The third kappa shape index (κ3) is 4.40. The van der Waals surface area contributed by atoms with Crippen molar-refractivity contribution in [1.29, 1.82) is 0 Å². The number of aromatic nitrogens is 2.